The maximum Gasteiger partial charge on any atom is 0.152 e. The van der Waals surface area contributed by atoms with Gasteiger partial charge in [0.25, 0.3) is 0 Å². The number of rotatable bonds is 4. The van der Waals surface area contributed by atoms with Gasteiger partial charge in [-0.25, -0.2) is 18.7 Å². The summed E-state index contributed by atoms with van der Waals surface area (Å²) in [5.74, 6) is -0.211. The van der Waals surface area contributed by atoms with Gasteiger partial charge in [0, 0.05) is 18.0 Å². The zero-order valence-corrected chi connectivity index (χ0v) is 11.8. The molecule has 3 aromatic rings. The van der Waals surface area contributed by atoms with Crippen LogP contribution in [-0.2, 0) is 6.54 Å². The third kappa shape index (κ3) is 2.81. The Morgan fingerprint density at radius 1 is 1.09 bits per heavy atom. The first kappa shape index (κ1) is 14.2. The number of nitrogens with one attached hydrogen (secondary N) is 1. The molecule has 22 heavy (non-hydrogen) atoms. The summed E-state index contributed by atoms with van der Waals surface area (Å²) in [5, 5.41) is 3.38. The predicted octanol–water partition coefficient (Wildman–Crippen LogP) is 3.53. The van der Waals surface area contributed by atoms with Gasteiger partial charge in [0.15, 0.2) is 5.82 Å². The lowest BCUT2D eigenvalue weighted by Gasteiger charge is -2.09. The molecule has 0 atom stereocenters. The zero-order chi connectivity index (χ0) is 15.5. The normalized spacial score (nSPS) is 10.7. The fraction of sp³-hybridized carbons (Fsp3) is 0.125. The topological polar surface area (TPSA) is 47.0 Å². The van der Waals surface area contributed by atoms with Crippen molar-refractivity contribution in [3.63, 3.8) is 0 Å². The molecule has 0 aliphatic heterocycles. The molecule has 0 aliphatic rings. The number of aromatic nitrogens is 2. The van der Waals surface area contributed by atoms with Crippen LogP contribution in [-0.4, -0.2) is 17.1 Å². The van der Waals surface area contributed by atoms with Crippen LogP contribution < -0.4 is 10.1 Å². The summed E-state index contributed by atoms with van der Waals surface area (Å²) in [5.41, 5.74) is 1.08. The van der Waals surface area contributed by atoms with Gasteiger partial charge in [-0.2, -0.15) is 0 Å². The van der Waals surface area contributed by atoms with Crippen molar-refractivity contribution in [2.75, 3.05) is 12.4 Å². The standard InChI is InChI=1S/C16H13F2N3O/c1-22-12-4-2-10(3-5-12)8-19-16-13-6-11(17)7-14(18)15(13)20-9-21-16/h2-7,9H,8H2,1H3,(H,19,20,21). The number of hydrogen-bond donors (Lipinski definition) is 1. The number of hydrogen-bond acceptors (Lipinski definition) is 4. The van der Waals surface area contributed by atoms with Crippen molar-refractivity contribution < 1.29 is 13.5 Å². The van der Waals surface area contributed by atoms with Crippen molar-refractivity contribution in [1.29, 1.82) is 0 Å². The molecule has 1 heterocycles. The van der Waals surface area contributed by atoms with E-state index in [1.807, 2.05) is 24.3 Å². The Hall–Kier alpha value is -2.76. The average Bonchev–Trinajstić information content (AvgIpc) is 2.53. The highest BCUT2D eigenvalue weighted by Crippen LogP contribution is 2.23. The number of nitrogens with zero attached hydrogens (tertiary/aromatic N) is 2. The third-order valence-corrected chi connectivity index (χ3v) is 3.28. The van der Waals surface area contributed by atoms with Gasteiger partial charge in [0.2, 0.25) is 0 Å². The van der Waals surface area contributed by atoms with Gasteiger partial charge < -0.3 is 10.1 Å². The highest BCUT2D eigenvalue weighted by molar-refractivity contribution is 5.89. The molecular weight excluding hydrogens is 288 g/mol. The Bertz CT molecular complexity index is 806. The summed E-state index contributed by atoms with van der Waals surface area (Å²) in [4.78, 5) is 7.91. The molecule has 1 N–H and O–H groups in total. The smallest absolute Gasteiger partial charge is 0.152 e. The van der Waals surface area contributed by atoms with Crippen molar-refractivity contribution in [2.45, 2.75) is 6.54 Å². The highest BCUT2D eigenvalue weighted by Gasteiger charge is 2.10. The zero-order valence-electron chi connectivity index (χ0n) is 11.8. The molecule has 0 bridgehead atoms. The van der Waals surface area contributed by atoms with Gasteiger partial charge in [0.05, 0.1) is 7.11 Å². The molecule has 0 saturated heterocycles. The van der Waals surface area contributed by atoms with Gasteiger partial charge in [-0.1, -0.05) is 12.1 Å². The molecule has 0 spiro atoms. The number of ether oxygens (including phenoxy) is 1. The van der Waals surface area contributed by atoms with E-state index in [0.29, 0.717) is 17.7 Å². The lowest BCUT2D eigenvalue weighted by atomic mass is 10.2. The number of fused-ring (bicyclic) bond motifs is 1. The van der Waals surface area contributed by atoms with E-state index < -0.39 is 11.6 Å². The Balaban J connectivity index is 1.87. The first-order valence-corrected chi connectivity index (χ1v) is 6.64. The van der Waals surface area contributed by atoms with Crippen LogP contribution in [0.3, 0.4) is 0 Å². The summed E-state index contributed by atoms with van der Waals surface area (Å²) < 4.78 is 32.2. The van der Waals surface area contributed by atoms with Crippen LogP contribution in [0.4, 0.5) is 14.6 Å². The number of benzene rings is 2. The van der Waals surface area contributed by atoms with E-state index in [4.69, 9.17) is 4.74 Å². The maximum absolute atomic E-state index is 13.7. The minimum atomic E-state index is -0.704. The van der Waals surface area contributed by atoms with Crippen LogP contribution in [0.25, 0.3) is 10.9 Å². The second-order valence-corrected chi connectivity index (χ2v) is 4.71. The van der Waals surface area contributed by atoms with Gasteiger partial charge in [0.1, 0.15) is 29.2 Å². The van der Waals surface area contributed by atoms with Crippen molar-refractivity contribution in [1.82, 2.24) is 9.97 Å². The Kier molecular flexibility index (Phi) is 3.82. The molecule has 0 saturated carbocycles. The fourth-order valence-electron chi connectivity index (χ4n) is 2.16. The first-order valence-electron chi connectivity index (χ1n) is 6.64. The Morgan fingerprint density at radius 3 is 2.59 bits per heavy atom. The van der Waals surface area contributed by atoms with Crippen molar-refractivity contribution >= 4 is 16.7 Å². The van der Waals surface area contributed by atoms with E-state index in [1.54, 1.807) is 7.11 Å². The Labute approximate surface area is 125 Å². The molecular formula is C16H13F2N3O. The van der Waals surface area contributed by atoms with E-state index in [2.05, 4.69) is 15.3 Å². The second kappa shape index (κ2) is 5.93. The third-order valence-electron chi connectivity index (χ3n) is 3.28. The van der Waals surface area contributed by atoms with Crippen LogP contribution in [0.2, 0.25) is 0 Å². The Morgan fingerprint density at radius 2 is 1.86 bits per heavy atom. The van der Waals surface area contributed by atoms with Crippen LogP contribution >= 0.6 is 0 Å². The summed E-state index contributed by atoms with van der Waals surface area (Å²) >= 11 is 0. The molecule has 2 aromatic carbocycles. The molecule has 4 nitrogen and oxygen atoms in total. The number of methoxy groups -OCH3 is 1. The molecule has 112 valence electrons. The molecule has 0 unspecified atom stereocenters. The van der Waals surface area contributed by atoms with Crippen molar-refractivity contribution in [3.8, 4) is 5.75 Å². The summed E-state index contributed by atoms with van der Waals surface area (Å²) in [6, 6.07) is 9.51. The van der Waals surface area contributed by atoms with Crippen LogP contribution in [0.15, 0.2) is 42.7 Å². The molecule has 0 radical (unpaired) electrons. The quantitative estimate of drug-likeness (QED) is 0.801. The summed E-state index contributed by atoms with van der Waals surface area (Å²) in [7, 11) is 1.60. The van der Waals surface area contributed by atoms with Crippen LogP contribution in [0.1, 0.15) is 5.56 Å². The lowest BCUT2D eigenvalue weighted by Crippen LogP contribution is -2.03. The van der Waals surface area contributed by atoms with E-state index in [0.717, 1.165) is 17.4 Å². The van der Waals surface area contributed by atoms with Crippen molar-refractivity contribution in [2.24, 2.45) is 0 Å². The second-order valence-electron chi connectivity index (χ2n) is 4.71. The largest absolute Gasteiger partial charge is 0.497 e. The number of anilines is 1. The molecule has 3 rings (SSSR count). The SMILES string of the molecule is COc1ccc(CNc2ncnc3c(F)cc(F)cc23)cc1. The molecule has 0 fully saturated rings. The van der Waals surface area contributed by atoms with E-state index in [1.165, 1.54) is 12.4 Å². The van der Waals surface area contributed by atoms with Crippen LogP contribution in [0.5, 0.6) is 5.75 Å². The number of halogens is 2. The molecule has 0 aliphatic carbocycles. The average molecular weight is 301 g/mol. The van der Waals surface area contributed by atoms with Gasteiger partial charge in [-0.3, -0.25) is 0 Å². The molecule has 1 aromatic heterocycles. The van der Waals surface area contributed by atoms with Gasteiger partial charge in [-0.05, 0) is 23.8 Å². The fourth-order valence-corrected chi connectivity index (χ4v) is 2.16. The molecule has 6 heteroatoms. The van der Waals surface area contributed by atoms with E-state index in [-0.39, 0.29) is 5.52 Å². The highest BCUT2D eigenvalue weighted by atomic mass is 19.1. The minimum Gasteiger partial charge on any atom is -0.497 e. The maximum atomic E-state index is 13.7. The minimum absolute atomic E-state index is 0.0913. The van der Waals surface area contributed by atoms with E-state index >= 15 is 0 Å². The monoisotopic (exact) mass is 301 g/mol. The summed E-state index contributed by atoms with van der Waals surface area (Å²) in [6.07, 6.45) is 1.25. The van der Waals surface area contributed by atoms with Crippen LogP contribution in [0, 0.1) is 11.6 Å². The van der Waals surface area contributed by atoms with E-state index in [9.17, 15) is 8.78 Å². The van der Waals surface area contributed by atoms with Gasteiger partial charge in [-0.15, -0.1) is 0 Å². The lowest BCUT2D eigenvalue weighted by molar-refractivity contribution is 0.414. The van der Waals surface area contributed by atoms with Gasteiger partial charge >= 0.3 is 0 Å². The summed E-state index contributed by atoms with van der Waals surface area (Å²) in [6.45, 7) is 0.467. The first-order chi connectivity index (χ1) is 10.7. The van der Waals surface area contributed by atoms with Crippen molar-refractivity contribution in [3.05, 3.63) is 59.9 Å². The molecule has 0 amide bonds. The predicted molar refractivity (Wildman–Crippen MR) is 79.8 cm³/mol.